The first-order valence-corrected chi connectivity index (χ1v) is 5.74. The van der Waals surface area contributed by atoms with Crippen LogP contribution in [0.1, 0.15) is 4.88 Å². The van der Waals surface area contributed by atoms with E-state index >= 15 is 0 Å². The Morgan fingerprint density at radius 3 is 2.36 bits per heavy atom. The first kappa shape index (κ1) is 7.90. The van der Waals surface area contributed by atoms with Crippen molar-refractivity contribution >= 4 is 32.9 Å². The lowest BCUT2D eigenvalue weighted by molar-refractivity contribution is 1.34. The van der Waals surface area contributed by atoms with Gasteiger partial charge in [-0.2, -0.15) is 0 Å². The molecule has 0 nitrogen and oxygen atoms in total. The fourth-order valence-corrected chi connectivity index (χ4v) is 3.31. The van der Waals surface area contributed by atoms with Gasteiger partial charge in [-0.3, -0.25) is 0 Å². The van der Waals surface area contributed by atoms with Crippen molar-refractivity contribution in [1.29, 1.82) is 0 Å². The van der Waals surface area contributed by atoms with Gasteiger partial charge in [-0.1, -0.05) is 32.9 Å². The molecule has 1 saturated carbocycles. The highest BCUT2D eigenvalue weighted by Gasteiger charge is 2.19. The van der Waals surface area contributed by atoms with E-state index in [2.05, 4.69) is 18.9 Å². The Morgan fingerprint density at radius 2 is 1.82 bits per heavy atom. The minimum absolute atomic E-state index is 0.978. The van der Waals surface area contributed by atoms with E-state index in [4.69, 9.17) is 12.2 Å². The molecule has 0 N–H and O–H groups in total. The third kappa shape index (κ3) is 1.71. The smallest absolute Gasteiger partial charge is 0.0830 e. The van der Waals surface area contributed by atoms with Gasteiger partial charge in [0.05, 0.1) is 0 Å². The summed E-state index contributed by atoms with van der Waals surface area (Å²) in [7, 11) is 3.40. The van der Waals surface area contributed by atoms with Gasteiger partial charge in [-0.15, -0.1) is 0 Å². The molecule has 1 aromatic heterocycles. The molecule has 0 aromatic carbocycles. The van der Waals surface area contributed by atoms with E-state index in [9.17, 15) is 0 Å². The quantitative estimate of drug-likeness (QED) is 0.492. The van der Waals surface area contributed by atoms with Crippen molar-refractivity contribution in [2.24, 2.45) is 0 Å². The van der Waals surface area contributed by atoms with E-state index < -0.39 is 0 Å². The molecule has 0 spiro atoms. The van der Waals surface area contributed by atoms with Crippen molar-refractivity contribution in [1.82, 2.24) is 0 Å². The van der Waals surface area contributed by atoms with Gasteiger partial charge in [-0.05, 0) is 31.7 Å². The Hall–Kier alpha value is 0.270. The minimum atomic E-state index is 0.978. The van der Waals surface area contributed by atoms with Crippen LogP contribution in [0.3, 0.4) is 0 Å². The summed E-state index contributed by atoms with van der Waals surface area (Å²) < 4.78 is 0.978. The van der Waals surface area contributed by atoms with E-state index in [0.717, 1.165) is 3.82 Å². The summed E-state index contributed by atoms with van der Waals surface area (Å²) in [4.78, 5) is 1.28. The summed E-state index contributed by atoms with van der Waals surface area (Å²) in [5, 5.41) is 0. The van der Waals surface area contributed by atoms with Gasteiger partial charge in [0, 0.05) is 10.8 Å². The van der Waals surface area contributed by atoms with Crippen molar-refractivity contribution in [3.63, 3.8) is 0 Å². The minimum Gasteiger partial charge on any atom is -0.0830 e. The molecule has 0 unspecified atom stereocenters. The van der Waals surface area contributed by atoms with Crippen LogP contribution >= 0.6 is 32.9 Å². The molecule has 1 fully saturated rings. The van der Waals surface area contributed by atoms with Crippen LogP contribution < -0.4 is 0 Å². The van der Waals surface area contributed by atoms with Gasteiger partial charge in [0.15, 0.2) is 0 Å². The summed E-state index contributed by atoms with van der Waals surface area (Å²) in [6.45, 7) is 0. The summed E-state index contributed by atoms with van der Waals surface area (Å²) in [6.07, 6.45) is 8.30. The molecule has 5 radical (unpaired) electrons. The lowest BCUT2D eigenvalue weighted by atomic mass is 10.1. The van der Waals surface area contributed by atoms with Crippen LogP contribution in [-0.4, -0.2) is 0 Å². The summed E-state index contributed by atoms with van der Waals surface area (Å²) in [5.74, 6) is 1.28. The highest BCUT2D eigenvalue weighted by molar-refractivity contribution is 7.79. The highest BCUT2D eigenvalue weighted by atomic mass is 32.9. The molecule has 0 saturated heterocycles. The van der Waals surface area contributed by atoms with Crippen LogP contribution in [0.15, 0.2) is 6.07 Å². The number of hydrogen-bond donors (Lipinski definition) is 0. The van der Waals surface area contributed by atoms with Gasteiger partial charge >= 0.3 is 0 Å². The summed E-state index contributed by atoms with van der Waals surface area (Å²) >= 11 is 5.04. The molecular weight excluding hydrogens is 192 g/mol. The molecule has 11 heavy (non-hydrogen) atoms. The van der Waals surface area contributed by atoms with Gasteiger partial charge in [-0.25, -0.2) is 0 Å². The van der Waals surface area contributed by atoms with E-state index in [1.807, 2.05) is 12.8 Å². The number of rotatable bonds is 1. The average Bonchev–Trinajstić information content (AvgIpc) is 2.55. The van der Waals surface area contributed by atoms with E-state index in [1.54, 1.807) is 20.7 Å². The largest absolute Gasteiger partial charge is 0.102 e. The second-order valence-electron chi connectivity index (χ2n) is 2.17. The Kier molecular flexibility index (Phi) is 2.39. The van der Waals surface area contributed by atoms with Crippen LogP contribution in [-0.2, 0) is 0 Å². The summed E-state index contributed by atoms with van der Waals surface area (Å²) in [5.41, 5.74) is 0. The Morgan fingerprint density at radius 1 is 1.09 bits per heavy atom. The fraction of sp³-hybridized carbons (Fsp3) is 0. The molecule has 0 amide bonds. The van der Waals surface area contributed by atoms with Gasteiger partial charge in [0.25, 0.3) is 0 Å². The third-order valence-corrected chi connectivity index (χ3v) is 4.32. The maximum atomic E-state index is 5.04. The molecule has 1 aliphatic carbocycles. The maximum Gasteiger partial charge on any atom is 0.102 e. The lowest BCUT2D eigenvalue weighted by Gasteiger charge is -2.00. The molecule has 1 heterocycles. The topological polar surface area (TPSA) is 0 Å². The van der Waals surface area contributed by atoms with E-state index in [1.165, 1.54) is 10.8 Å². The zero-order valence-electron chi connectivity index (χ0n) is 5.61. The van der Waals surface area contributed by atoms with Gasteiger partial charge in [0.1, 0.15) is 3.82 Å². The molecule has 0 aliphatic heterocycles. The second-order valence-corrected chi connectivity index (χ2v) is 5.08. The van der Waals surface area contributed by atoms with Gasteiger partial charge in [0.2, 0.25) is 0 Å². The van der Waals surface area contributed by atoms with Crippen LogP contribution in [0.4, 0.5) is 0 Å². The number of hydrogen-bond acceptors (Lipinski definition) is 3. The van der Waals surface area contributed by atoms with Crippen molar-refractivity contribution in [2.75, 3.05) is 0 Å². The predicted molar refractivity (Wildman–Crippen MR) is 52.6 cm³/mol. The molecule has 0 atom stereocenters. The standard InChI is InChI=1S/C8H5S3/c9-8-5-7(10-11-8)6-3-1-2-4-6/h1-5H. The van der Waals surface area contributed by atoms with Crippen LogP contribution in [0, 0.1) is 35.4 Å². The zero-order valence-corrected chi connectivity index (χ0v) is 8.06. The second kappa shape index (κ2) is 3.33. The van der Waals surface area contributed by atoms with Crippen molar-refractivity contribution in [3.05, 3.63) is 46.4 Å². The molecule has 1 aliphatic rings. The van der Waals surface area contributed by atoms with Crippen molar-refractivity contribution < 1.29 is 0 Å². The van der Waals surface area contributed by atoms with Crippen molar-refractivity contribution in [2.45, 2.75) is 0 Å². The monoisotopic (exact) mass is 197 g/mol. The normalized spacial score (nSPS) is 19.3. The maximum absolute atomic E-state index is 5.04. The van der Waals surface area contributed by atoms with Gasteiger partial charge < -0.3 is 0 Å². The Labute approximate surface area is 79.3 Å². The first-order chi connectivity index (χ1) is 5.36. The highest BCUT2D eigenvalue weighted by Crippen LogP contribution is 2.34. The summed E-state index contributed by atoms with van der Waals surface area (Å²) in [6, 6.07) is 2.06. The molecule has 2 rings (SSSR count). The molecule has 0 bridgehead atoms. The average molecular weight is 197 g/mol. The van der Waals surface area contributed by atoms with E-state index in [-0.39, 0.29) is 0 Å². The fourth-order valence-electron chi connectivity index (χ4n) is 0.911. The SMILES string of the molecule is S=c1cc([C]2[CH][CH][CH][CH]2)ss1. The first-order valence-electron chi connectivity index (χ1n) is 3.18. The molecule has 1 aromatic rings. The van der Waals surface area contributed by atoms with E-state index in [0.29, 0.717) is 0 Å². The lowest BCUT2D eigenvalue weighted by Crippen LogP contribution is -1.88. The Bertz CT molecular complexity index is 278. The molecule has 55 valence electrons. The third-order valence-electron chi connectivity index (χ3n) is 1.41. The van der Waals surface area contributed by atoms with Crippen LogP contribution in [0.2, 0.25) is 0 Å². The molecular formula is C8H5S3. The predicted octanol–water partition coefficient (Wildman–Crippen LogP) is 3.29. The van der Waals surface area contributed by atoms with Crippen LogP contribution in [0.5, 0.6) is 0 Å². The zero-order chi connectivity index (χ0) is 7.68. The van der Waals surface area contributed by atoms with Crippen LogP contribution in [0.25, 0.3) is 0 Å². The molecule has 3 heteroatoms. The Balaban J connectivity index is 2.21. The van der Waals surface area contributed by atoms with Crippen molar-refractivity contribution in [3.8, 4) is 0 Å².